The highest BCUT2D eigenvalue weighted by Crippen LogP contribution is 2.40. The lowest BCUT2D eigenvalue weighted by atomic mass is 10.0. The van der Waals surface area contributed by atoms with Gasteiger partial charge < -0.3 is 30.0 Å². The standard InChI is InChI=1S/C36H52N2O5Si/c1-8-42-33-15-10-9-14-29(33)23-38-35(41)19-16-27-12-11-13-28(21-27)20-26(2)37-24-34(43-44(6,7)36(3,4)5)32-18-17-31(40)22-30(32)25-39/h9-15,17-18,21-22,26,34,37,39-40H,8,16,19-20,23-25H2,1-7H3,(H,38,41)/t26-,34+/m1/s1. The Morgan fingerprint density at radius 1 is 0.977 bits per heavy atom. The van der Waals surface area contributed by atoms with E-state index < -0.39 is 8.32 Å². The number of hydrogen-bond donors (Lipinski definition) is 4. The second-order valence-electron chi connectivity index (χ2n) is 13.1. The Morgan fingerprint density at radius 3 is 2.41 bits per heavy atom. The van der Waals surface area contributed by atoms with Crippen molar-refractivity contribution in [1.82, 2.24) is 10.6 Å². The first-order valence-electron chi connectivity index (χ1n) is 15.7. The number of nitrogens with one attached hydrogen (secondary N) is 2. The number of para-hydroxylation sites is 1. The largest absolute Gasteiger partial charge is 0.508 e. The monoisotopic (exact) mass is 620 g/mol. The van der Waals surface area contributed by atoms with E-state index >= 15 is 0 Å². The highest BCUT2D eigenvalue weighted by Gasteiger charge is 2.39. The van der Waals surface area contributed by atoms with Crippen LogP contribution in [0, 0.1) is 0 Å². The molecule has 2 atom stereocenters. The number of aliphatic hydroxyl groups is 1. The van der Waals surface area contributed by atoms with Gasteiger partial charge in [-0.05, 0) is 85.3 Å². The summed E-state index contributed by atoms with van der Waals surface area (Å²) >= 11 is 0. The fraction of sp³-hybridized carbons (Fsp3) is 0.472. The maximum Gasteiger partial charge on any atom is 0.220 e. The van der Waals surface area contributed by atoms with Gasteiger partial charge >= 0.3 is 0 Å². The first kappa shape index (κ1) is 35.3. The fourth-order valence-electron chi connectivity index (χ4n) is 4.92. The molecule has 0 bridgehead atoms. The maximum atomic E-state index is 12.6. The van der Waals surface area contributed by atoms with Gasteiger partial charge in [0.25, 0.3) is 0 Å². The van der Waals surface area contributed by atoms with Gasteiger partial charge in [-0.25, -0.2) is 0 Å². The molecule has 0 saturated heterocycles. The Kier molecular flexibility index (Phi) is 13.0. The molecule has 0 aromatic heterocycles. The number of benzene rings is 3. The summed E-state index contributed by atoms with van der Waals surface area (Å²) in [6.07, 6.45) is 1.65. The zero-order chi connectivity index (χ0) is 32.3. The molecule has 44 heavy (non-hydrogen) atoms. The molecule has 1 amide bonds. The molecule has 8 heteroatoms. The second kappa shape index (κ2) is 16.2. The van der Waals surface area contributed by atoms with Crippen LogP contribution < -0.4 is 15.4 Å². The number of aryl methyl sites for hydroxylation is 1. The van der Waals surface area contributed by atoms with Gasteiger partial charge in [0.1, 0.15) is 11.5 Å². The summed E-state index contributed by atoms with van der Waals surface area (Å²) in [6.45, 7) is 16.7. The Hall–Kier alpha value is -3.17. The minimum absolute atomic E-state index is 0.0148. The van der Waals surface area contributed by atoms with Crippen molar-refractivity contribution < 1.29 is 24.2 Å². The number of phenolic OH excluding ortho intramolecular Hbond substituents is 1. The summed E-state index contributed by atoms with van der Waals surface area (Å²) in [5.41, 5.74) is 4.89. The third-order valence-corrected chi connectivity index (χ3v) is 12.9. The van der Waals surface area contributed by atoms with E-state index in [4.69, 9.17) is 9.16 Å². The molecule has 0 unspecified atom stereocenters. The van der Waals surface area contributed by atoms with E-state index in [9.17, 15) is 15.0 Å². The SMILES string of the molecule is CCOc1ccccc1CNC(=O)CCc1cccc(C[C@@H](C)NC[C@H](O[Si](C)(C)C(C)(C)C)c2ccc(O)cc2CO)c1. The minimum Gasteiger partial charge on any atom is -0.508 e. The molecule has 0 spiro atoms. The van der Waals surface area contributed by atoms with Gasteiger partial charge in [-0.2, -0.15) is 0 Å². The number of carbonyl (C=O) groups excluding carboxylic acids is 1. The topological polar surface area (TPSA) is 100 Å². The molecule has 4 N–H and O–H groups in total. The summed E-state index contributed by atoms with van der Waals surface area (Å²) < 4.78 is 12.5. The Balaban J connectivity index is 1.59. The Bertz CT molecular complexity index is 1350. The molecule has 3 aromatic carbocycles. The van der Waals surface area contributed by atoms with Gasteiger partial charge in [0.2, 0.25) is 5.91 Å². The van der Waals surface area contributed by atoms with Crippen molar-refractivity contribution in [2.75, 3.05) is 13.2 Å². The van der Waals surface area contributed by atoms with Crippen LogP contribution >= 0.6 is 0 Å². The molecule has 240 valence electrons. The van der Waals surface area contributed by atoms with Crippen LogP contribution in [0.1, 0.15) is 75.0 Å². The summed E-state index contributed by atoms with van der Waals surface area (Å²) in [5, 5.41) is 26.7. The van der Waals surface area contributed by atoms with Gasteiger partial charge in [-0.3, -0.25) is 4.79 Å². The highest BCUT2D eigenvalue weighted by atomic mass is 28.4. The van der Waals surface area contributed by atoms with E-state index in [2.05, 4.69) is 75.7 Å². The molecular formula is C36H52N2O5Si. The molecule has 0 heterocycles. The van der Waals surface area contributed by atoms with Crippen LogP contribution in [0.25, 0.3) is 0 Å². The lowest BCUT2D eigenvalue weighted by Gasteiger charge is -2.40. The van der Waals surface area contributed by atoms with E-state index in [0.29, 0.717) is 38.1 Å². The first-order chi connectivity index (χ1) is 20.8. The van der Waals surface area contributed by atoms with Gasteiger partial charge in [-0.1, -0.05) is 69.3 Å². The molecular weight excluding hydrogens is 568 g/mol. The summed E-state index contributed by atoms with van der Waals surface area (Å²) in [4.78, 5) is 12.6. The molecule has 3 aromatic rings. The fourth-order valence-corrected chi connectivity index (χ4v) is 6.20. The zero-order valence-electron chi connectivity index (χ0n) is 27.6. The molecule has 0 radical (unpaired) electrons. The lowest BCUT2D eigenvalue weighted by Crippen LogP contribution is -2.44. The number of ether oxygens (including phenoxy) is 1. The molecule has 0 saturated carbocycles. The molecule has 7 nitrogen and oxygen atoms in total. The van der Waals surface area contributed by atoms with Gasteiger partial charge in [-0.15, -0.1) is 0 Å². The van der Waals surface area contributed by atoms with Crippen molar-refractivity contribution in [1.29, 1.82) is 0 Å². The van der Waals surface area contributed by atoms with Crippen LogP contribution in [0.15, 0.2) is 66.7 Å². The highest BCUT2D eigenvalue weighted by molar-refractivity contribution is 6.74. The van der Waals surface area contributed by atoms with Crippen LogP contribution in [-0.4, -0.2) is 43.6 Å². The van der Waals surface area contributed by atoms with E-state index in [1.54, 1.807) is 12.1 Å². The Morgan fingerprint density at radius 2 is 1.70 bits per heavy atom. The van der Waals surface area contributed by atoms with Crippen LogP contribution in [0.2, 0.25) is 18.1 Å². The number of hydrogen-bond acceptors (Lipinski definition) is 6. The lowest BCUT2D eigenvalue weighted by molar-refractivity contribution is -0.121. The molecule has 0 fully saturated rings. The van der Waals surface area contributed by atoms with E-state index in [0.717, 1.165) is 28.9 Å². The zero-order valence-corrected chi connectivity index (χ0v) is 28.6. The van der Waals surface area contributed by atoms with Crippen molar-refractivity contribution in [2.24, 2.45) is 0 Å². The summed E-state index contributed by atoms with van der Waals surface area (Å²) in [7, 11) is -2.13. The average molecular weight is 621 g/mol. The first-order valence-corrected chi connectivity index (χ1v) is 18.6. The van der Waals surface area contributed by atoms with Gasteiger partial charge in [0.15, 0.2) is 8.32 Å². The quantitative estimate of drug-likeness (QED) is 0.131. The van der Waals surface area contributed by atoms with Crippen molar-refractivity contribution in [2.45, 2.75) is 97.3 Å². The number of aliphatic hydroxyl groups excluding tert-OH is 1. The van der Waals surface area contributed by atoms with Crippen LogP contribution in [0.5, 0.6) is 11.5 Å². The van der Waals surface area contributed by atoms with E-state index in [1.165, 1.54) is 5.56 Å². The van der Waals surface area contributed by atoms with Crippen LogP contribution in [-0.2, 0) is 35.2 Å². The van der Waals surface area contributed by atoms with Crippen molar-refractivity contribution >= 4 is 14.2 Å². The smallest absolute Gasteiger partial charge is 0.220 e. The molecule has 3 rings (SSSR count). The van der Waals surface area contributed by atoms with Crippen molar-refractivity contribution in [3.05, 3.63) is 94.5 Å². The van der Waals surface area contributed by atoms with Crippen LogP contribution in [0.4, 0.5) is 0 Å². The van der Waals surface area contributed by atoms with Gasteiger partial charge in [0.05, 0.1) is 19.3 Å². The summed E-state index contributed by atoms with van der Waals surface area (Å²) in [6, 6.07) is 21.5. The van der Waals surface area contributed by atoms with E-state index in [-0.39, 0.29) is 35.4 Å². The minimum atomic E-state index is -2.13. The van der Waals surface area contributed by atoms with Gasteiger partial charge in [0, 0.05) is 31.1 Å². The predicted molar refractivity (Wildman–Crippen MR) is 180 cm³/mol. The number of phenols is 1. The Labute approximate surface area is 265 Å². The number of aromatic hydroxyl groups is 1. The number of carbonyl (C=O) groups is 1. The van der Waals surface area contributed by atoms with Crippen molar-refractivity contribution in [3.8, 4) is 11.5 Å². The summed E-state index contributed by atoms with van der Waals surface area (Å²) in [5.74, 6) is 0.955. The second-order valence-corrected chi connectivity index (χ2v) is 17.8. The normalized spacial score (nSPS) is 13.4. The third kappa shape index (κ3) is 10.5. The molecule has 0 aliphatic heterocycles. The average Bonchev–Trinajstić information content (AvgIpc) is 2.97. The van der Waals surface area contributed by atoms with E-state index in [1.807, 2.05) is 37.3 Å². The maximum absolute atomic E-state index is 12.6. The van der Waals surface area contributed by atoms with Crippen molar-refractivity contribution in [3.63, 3.8) is 0 Å². The predicted octanol–water partition coefficient (Wildman–Crippen LogP) is 6.82. The number of rotatable bonds is 16. The molecule has 0 aliphatic rings. The third-order valence-electron chi connectivity index (χ3n) is 8.46. The molecule has 0 aliphatic carbocycles. The number of amides is 1. The van der Waals surface area contributed by atoms with Crippen LogP contribution in [0.3, 0.4) is 0 Å².